The number of nitrogens with zero attached hydrogens (tertiary/aromatic N) is 1. The van der Waals surface area contributed by atoms with Gasteiger partial charge >= 0.3 is 0 Å². The molecule has 0 saturated heterocycles. The van der Waals surface area contributed by atoms with Crippen LogP contribution in [0.2, 0.25) is 0 Å². The lowest BCUT2D eigenvalue weighted by Gasteiger charge is -2.35. The number of nitrogens with two attached hydrogens (primary N) is 1. The Balaban J connectivity index is 2.38. The highest BCUT2D eigenvalue weighted by atomic mass is 16.2. The fraction of sp³-hybridized carbons (Fsp3) is 0.846. The van der Waals surface area contributed by atoms with Crippen LogP contribution in [0.5, 0.6) is 0 Å². The minimum absolute atomic E-state index is 0.0124. The van der Waals surface area contributed by atoms with Gasteiger partial charge in [-0.1, -0.05) is 19.8 Å². The molecule has 3 N–H and O–H groups in total. The summed E-state index contributed by atoms with van der Waals surface area (Å²) in [6, 6.07) is 0. The molecule has 2 unspecified atom stereocenters. The van der Waals surface area contributed by atoms with E-state index in [0.717, 1.165) is 25.7 Å². The first-order valence-corrected chi connectivity index (χ1v) is 6.62. The Hall–Kier alpha value is -1.10. The first kappa shape index (κ1) is 15.0. The van der Waals surface area contributed by atoms with E-state index in [9.17, 15) is 9.59 Å². The molecule has 0 aromatic heterocycles. The van der Waals surface area contributed by atoms with Crippen LogP contribution in [0.25, 0.3) is 0 Å². The molecule has 0 radical (unpaired) electrons. The van der Waals surface area contributed by atoms with Crippen molar-refractivity contribution in [3.8, 4) is 0 Å². The third kappa shape index (κ3) is 3.98. The van der Waals surface area contributed by atoms with Crippen LogP contribution in [-0.2, 0) is 9.59 Å². The maximum atomic E-state index is 12.1. The van der Waals surface area contributed by atoms with Crippen LogP contribution >= 0.6 is 0 Å². The summed E-state index contributed by atoms with van der Waals surface area (Å²) in [5, 5.41) is 2.79. The predicted octanol–water partition coefficient (Wildman–Crippen LogP) is 0.489. The molecule has 1 fully saturated rings. The van der Waals surface area contributed by atoms with E-state index < -0.39 is 5.54 Å². The van der Waals surface area contributed by atoms with Crippen LogP contribution in [0.4, 0.5) is 0 Å². The van der Waals surface area contributed by atoms with Crippen molar-refractivity contribution >= 4 is 11.8 Å². The molecule has 0 heterocycles. The second-order valence-electron chi connectivity index (χ2n) is 5.65. The minimum atomic E-state index is -0.737. The SMILES string of the molecule is CC1CCCC(N)(C(=O)NCCC(=O)N(C)C)C1. The number of amides is 2. The van der Waals surface area contributed by atoms with E-state index in [-0.39, 0.29) is 11.8 Å². The van der Waals surface area contributed by atoms with Crippen LogP contribution < -0.4 is 11.1 Å². The third-order valence-corrected chi connectivity index (χ3v) is 3.61. The third-order valence-electron chi connectivity index (χ3n) is 3.61. The molecule has 0 bridgehead atoms. The Morgan fingerprint density at radius 1 is 1.44 bits per heavy atom. The van der Waals surface area contributed by atoms with Crippen LogP contribution in [0.3, 0.4) is 0 Å². The van der Waals surface area contributed by atoms with E-state index in [1.165, 1.54) is 4.90 Å². The van der Waals surface area contributed by atoms with Crippen LogP contribution in [0.15, 0.2) is 0 Å². The van der Waals surface area contributed by atoms with Crippen molar-refractivity contribution in [3.05, 3.63) is 0 Å². The first-order chi connectivity index (χ1) is 8.35. The number of hydrogen-bond donors (Lipinski definition) is 2. The van der Waals surface area contributed by atoms with Gasteiger partial charge in [0.15, 0.2) is 0 Å². The van der Waals surface area contributed by atoms with Crippen molar-refractivity contribution in [3.63, 3.8) is 0 Å². The second-order valence-corrected chi connectivity index (χ2v) is 5.65. The van der Waals surface area contributed by atoms with E-state index >= 15 is 0 Å². The normalized spacial score (nSPS) is 27.7. The Labute approximate surface area is 109 Å². The largest absolute Gasteiger partial charge is 0.354 e. The zero-order valence-electron chi connectivity index (χ0n) is 11.7. The van der Waals surface area contributed by atoms with Gasteiger partial charge in [0, 0.05) is 27.1 Å². The molecule has 2 atom stereocenters. The number of rotatable bonds is 4. The summed E-state index contributed by atoms with van der Waals surface area (Å²) >= 11 is 0. The van der Waals surface area contributed by atoms with Crippen molar-refractivity contribution in [2.45, 2.75) is 44.6 Å². The highest BCUT2D eigenvalue weighted by Gasteiger charge is 2.37. The fourth-order valence-corrected chi connectivity index (χ4v) is 2.48. The van der Waals surface area contributed by atoms with E-state index in [1.54, 1.807) is 14.1 Å². The predicted molar refractivity (Wildman–Crippen MR) is 70.9 cm³/mol. The molecule has 0 spiro atoms. The molecule has 1 rings (SSSR count). The first-order valence-electron chi connectivity index (χ1n) is 6.62. The number of hydrogen-bond acceptors (Lipinski definition) is 3. The molecule has 1 aliphatic carbocycles. The van der Waals surface area contributed by atoms with Gasteiger partial charge in [-0.25, -0.2) is 0 Å². The van der Waals surface area contributed by atoms with E-state index in [1.807, 2.05) is 0 Å². The lowest BCUT2D eigenvalue weighted by molar-refractivity contribution is -0.129. The highest BCUT2D eigenvalue weighted by Crippen LogP contribution is 2.30. The van der Waals surface area contributed by atoms with Crippen molar-refractivity contribution in [2.75, 3.05) is 20.6 Å². The van der Waals surface area contributed by atoms with Crippen molar-refractivity contribution < 1.29 is 9.59 Å². The average molecular weight is 255 g/mol. The van der Waals surface area contributed by atoms with Crippen LogP contribution in [-0.4, -0.2) is 42.9 Å². The Morgan fingerprint density at radius 2 is 2.11 bits per heavy atom. The quantitative estimate of drug-likeness (QED) is 0.767. The molecule has 18 heavy (non-hydrogen) atoms. The molecule has 104 valence electrons. The minimum Gasteiger partial charge on any atom is -0.354 e. The van der Waals surface area contributed by atoms with Crippen molar-refractivity contribution in [1.29, 1.82) is 0 Å². The van der Waals surface area contributed by atoms with Gasteiger partial charge in [-0.05, 0) is 18.8 Å². The lowest BCUT2D eigenvalue weighted by atomic mass is 9.76. The van der Waals surface area contributed by atoms with Gasteiger partial charge in [-0.3, -0.25) is 9.59 Å². The van der Waals surface area contributed by atoms with Gasteiger partial charge in [0.2, 0.25) is 11.8 Å². The van der Waals surface area contributed by atoms with Crippen molar-refractivity contribution in [2.24, 2.45) is 11.7 Å². The van der Waals surface area contributed by atoms with Crippen molar-refractivity contribution in [1.82, 2.24) is 10.2 Å². The van der Waals surface area contributed by atoms with Gasteiger partial charge in [0.1, 0.15) is 0 Å². The maximum Gasteiger partial charge on any atom is 0.240 e. The van der Waals surface area contributed by atoms with Gasteiger partial charge in [0.25, 0.3) is 0 Å². The topological polar surface area (TPSA) is 75.4 Å². The van der Waals surface area contributed by atoms with E-state index in [2.05, 4.69) is 12.2 Å². The molecule has 0 aromatic carbocycles. The van der Waals surface area contributed by atoms with Gasteiger partial charge < -0.3 is 16.0 Å². The molecule has 5 heteroatoms. The molecule has 2 amide bonds. The van der Waals surface area contributed by atoms with Crippen LogP contribution in [0, 0.1) is 5.92 Å². The smallest absolute Gasteiger partial charge is 0.240 e. The molecular weight excluding hydrogens is 230 g/mol. The summed E-state index contributed by atoms with van der Waals surface area (Å²) in [5.74, 6) is 0.400. The summed E-state index contributed by atoms with van der Waals surface area (Å²) in [6.45, 7) is 2.49. The summed E-state index contributed by atoms with van der Waals surface area (Å²) in [7, 11) is 3.41. The molecule has 0 aliphatic heterocycles. The number of carbonyl (C=O) groups is 2. The summed E-state index contributed by atoms with van der Waals surface area (Å²) in [5.41, 5.74) is 5.43. The molecule has 5 nitrogen and oxygen atoms in total. The molecular formula is C13H25N3O2. The zero-order chi connectivity index (χ0) is 13.8. The number of nitrogens with one attached hydrogen (secondary N) is 1. The van der Waals surface area contributed by atoms with Gasteiger partial charge in [-0.15, -0.1) is 0 Å². The Bertz CT molecular complexity index is 317. The van der Waals surface area contributed by atoms with Gasteiger partial charge in [0.05, 0.1) is 5.54 Å². The lowest BCUT2D eigenvalue weighted by Crippen LogP contribution is -2.56. The average Bonchev–Trinajstić information content (AvgIpc) is 2.28. The molecule has 0 aromatic rings. The zero-order valence-corrected chi connectivity index (χ0v) is 11.7. The summed E-state index contributed by atoms with van der Waals surface area (Å²) < 4.78 is 0. The highest BCUT2D eigenvalue weighted by molar-refractivity contribution is 5.86. The van der Waals surface area contributed by atoms with Gasteiger partial charge in [-0.2, -0.15) is 0 Å². The Kier molecular flexibility index (Phi) is 5.14. The summed E-state index contributed by atoms with van der Waals surface area (Å²) in [6.07, 6.45) is 3.95. The fourth-order valence-electron chi connectivity index (χ4n) is 2.48. The Morgan fingerprint density at radius 3 is 2.67 bits per heavy atom. The van der Waals surface area contributed by atoms with Crippen LogP contribution in [0.1, 0.15) is 39.0 Å². The molecule has 1 aliphatic rings. The number of carbonyl (C=O) groups excluding carboxylic acids is 2. The van der Waals surface area contributed by atoms with E-state index in [0.29, 0.717) is 18.9 Å². The standard InChI is InChI=1S/C13H25N3O2/c1-10-5-4-7-13(14,9-10)12(18)15-8-6-11(17)16(2)3/h10H,4-9,14H2,1-3H3,(H,15,18). The molecule has 1 saturated carbocycles. The second kappa shape index (κ2) is 6.18. The monoisotopic (exact) mass is 255 g/mol. The van der Waals surface area contributed by atoms with E-state index in [4.69, 9.17) is 5.73 Å². The summed E-state index contributed by atoms with van der Waals surface area (Å²) in [4.78, 5) is 25.0. The maximum absolute atomic E-state index is 12.1.